The minimum absolute atomic E-state index is 0.141. The standard InChI is InChI=1S/C10H13F3N2O/c11-10(12,13)3-6-16-9(7-14)8-1-4-15-5-2-8/h1-2,4-5,9H,3,6-7,14H2. The van der Waals surface area contributed by atoms with Crippen LogP contribution in [0.2, 0.25) is 0 Å². The van der Waals surface area contributed by atoms with Crippen molar-refractivity contribution in [2.75, 3.05) is 13.2 Å². The lowest BCUT2D eigenvalue weighted by Gasteiger charge is -2.16. The summed E-state index contributed by atoms with van der Waals surface area (Å²) in [6.07, 6.45) is -2.58. The summed E-state index contributed by atoms with van der Waals surface area (Å²) in [6.45, 7) is -0.241. The maximum Gasteiger partial charge on any atom is 0.391 e. The second-order valence-electron chi connectivity index (χ2n) is 3.24. The summed E-state index contributed by atoms with van der Waals surface area (Å²) in [5, 5.41) is 0. The third-order valence-corrected chi connectivity index (χ3v) is 2.00. The first-order chi connectivity index (χ1) is 7.53. The zero-order valence-corrected chi connectivity index (χ0v) is 8.57. The molecule has 1 atom stereocenters. The van der Waals surface area contributed by atoms with E-state index in [2.05, 4.69) is 4.98 Å². The summed E-state index contributed by atoms with van der Waals surface area (Å²) in [5.41, 5.74) is 6.16. The number of pyridine rings is 1. The first-order valence-electron chi connectivity index (χ1n) is 4.81. The minimum Gasteiger partial charge on any atom is -0.372 e. The predicted octanol–water partition coefficient (Wildman–Crippen LogP) is 2.05. The molecule has 0 aliphatic heterocycles. The smallest absolute Gasteiger partial charge is 0.372 e. The molecule has 1 heterocycles. The van der Waals surface area contributed by atoms with E-state index in [0.29, 0.717) is 0 Å². The molecule has 1 unspecified atom stereocenters. The van der Waals surface area contributed by atoms with Crippen LogP contribution in [0.1, 0.15) is 18.1 Å². The van der Waals surface area contributed by atoms with Crippen LogP contribution in [0, 0.1) is 0 Å². The second-order valence-corrected chi connectivity index (χ2v) is 3.24. The third-order valence-electron chi connectivity index (χ3n) is 2.00. The van der Waals surface area contributed by atoms with Crippen LogP contribution in [0.3, 0.4) is 0 Å². The highest BCUT2D eigenvalue weighted by Crippen LogP contribution is 2.21. The number of hydrogen-bond acceptors (Lipinski definition) is 3. The Labute approximate surface area is 91.4 Å². The Morgan fingerprint density at radius 3 is 2.44 bits per heavy atom. The van der Waals surface area contributed by atoms with Crippen molar-refractivity contribution in [2.24, 2.45) is 5.73 Å². The largest absolute Gasteiger partial charge is 0.391 e. The maximum atomic E-state index is 11.9. The quantitative estimate of drug-likeness (QED) is 0.848. The van der Waals surface area contributed by atoms with Crippen molar-refractivity contribution in [3.63, 3.8) is 0 Å². The number of nitrogens with zero attached hydrogens (tertiary/aromatic N) is 1. The molecule has 90 valence electrons. The summed E-state index contributed by atoms with van der Waals surface area (Å²) in [7, 11) is 0. The average Bonchev–Trinajstić information content (AvgIpc) is 2.24. The van der Waals surface area contributed by atoms with Gasteiger partial charge in [0.05, 0.1) is 19.1 Å². The van der Waals surface area contributed by atoms with Crippen molar-refractivity contribution >= 4 is 0 Å². The molecule has 3 nitrogen and oxygen atoms in total. The van der Waals surface area contributed by atoms with Crippen molar-refractivity contribution in [1.29, 1.82) is 0 Å². The van der Waals surface area contributed by atoms with E-state index in [1.807, 2.05) is 0 Å². The van der Waals surface area contributed by atoms with E-state index in [-0.39, 0.29) is 13.2 Å². The molecule has 6 heteroatoms. The van der Waals surface area contributed by atoms with E-state index in [9.17, 15) is 13.2 Å². The summed E-state index contributed by atoms with van der Waals surface area (Å²) < 4.78 is 40.8. The monoisotopic (exact) mass is 234 g/mol. The van der Waals surface area contributed by atoms with Crippen molar-refractivity contribution in [2.45, 2.75) is 18.7 Å². The Morgan fingerprint density at radius 1 is 1.31 bits per heavy atom. The van der Waals surface area contributed by atoms with E-state index in [1.54, 1.807) is 24.5 Å². The van der Waals surface area contributed by atoms with Crippen LogP contribution in [-0.4, -0.2) is 24.3 Å². The normalized spacial score (nSPS) is 13.8. The summed E-state index contributed by atoms with van der Waals surface area (Å²) in [5.74, 6) is 0. The molecular weight excluding hydrogens is 221 g/mol. The lowest BCUT2D eigenvalue weighted by Crippen LogP contribution is -2.19. The Balaban J connectivity index is 2.45. The van der Waals surface area contributed by atoms with E-state index in [1.165, 1.54) is 0 Å². The van der Waals surface area contributed by atoms with E-state index < -0.39 is 18.7 Å². The van der Waals surface area contributed by atoms with Gasteiger partial charge in [-0.15, -0.1) is 0 Å². The minimum atomic E-state index is -4.20. The molecule has 0 saturated carbocycles. The Bertz CT molecular complexity index is 303. The van der Waals surface area contributed by atoms with E-state index >= 15 is 0 Å². The first kappa shape index (κ1) is 12.9. The zero-order chi connectivity index (χ0) is 12.0. The van der Waals surface area contributed by atoms with Crippen LogP contribution >= 0.6 is 0 Å². The topological polar surface area (TPSA) is 48.1 Å². The van der Waals surface area contributed by atoms with Crippen LogP contribution < -0.4 is 5.73 Å². The molecule has 0 amide bonds. The number of rotatable bonds is 5. The second kappa shape index (κ2) is 5.81. The first-order valence-corrected chi connectivity index (χ1v) is 4.81. The molecule has 2 N–H and O–H groups in total. The lowest BCUT2D eigenvalue weighted by molar-refractivity contribution is -0.149. The van der Waals surface area contributed by atoms with Crippen molar-refractivity contribution < 1.29 is 17.9 Å². The molecule has 1 aromatic heterocycles. The van der Waals surface area contributed by atoms with Gasteiger partial charge in [0.25, 0.3) is 0 Å². The molecule has 0 aliphatic carbocycles. The van der Waals surface area contributed by atoms with E-state index in [0.717, 1.165) is 5.56 Å². The molecule has 0 fully saturated rings. The third kappa shape index (κ3) is 4.59. The molecule has 0 spiro atoms. The maximum absolute atomic E-state index is 11.9. The lowest BCUT2D eigenvalue weighted by atomic mass is 10.1. The summed E-state index contributed by atoms with van der Waals surface area (Å²) in [6, 6.07) is 3.34. The number of alkyl halides is 3. The Hall–Kier alpha value is -1.14. The number of hydrogen-bond donors (Lipinski definition) is 1. The SMILES string of the molecule is NCC(OCCC(F)(F)F)c1ccncc1. The van der Waals surface area contributed by atoms with Crippen molar-refractivity contribution in [3.05, 3.63) is 30.1 Å². The van der Waals surface area contributed by atoms with Crippen LogP contribution in [0.15, 0.2) is 24.5 Å². The molecule has 16 heavy (non-hydrogen) atoms. The molecule has 0 saturated heterocycles. The van der Waals surface area contributed by atoms with Crippen LogP contribution in [-0.2, 0) is 4.74 Å². The van der Waals surface area contributed by atoms with Crippen LogP contribution in [0.5, 0.6) is 0 Å². The molecule has 0 bridgehead atoms. The molecule has 0 aliphatic rings. The van der Waals surface area contributed by atoms with Gasteiger partial charge in [-0.3, -0.25) is 4.98 Å². The highest BCUT2D eigenvalue weighted by atomic mass is 19.4. The predicted molar refractivity (Wildman–Crippen MR) is 52.7 cm³/mol. The van der Waals surface area contributed by atoms with Gasteiger partial charge in [-0.2, -0.15) is 13.2 Å². The van der Waals surface area contributed by atoms with Gasteiger partial charge in [-0.1, -0.05) is 0 Å². The number of halogens is 3. The highest BCUT2D eigenvalue weighted by Gasteiger charge is 2.27. The summed E-state index contributed by atoms with van der Waals surface area (Å²) in [4.78, 5) is 3.81. The van der Waals surface area contributed by atoms with Crippen molar-refractivity contribution in [1.82, 2.24) is 4.98 Å². The molecule has 1 rings (SSSR count). The molecule has 0 radical (unpaired) electrons. The fraction of sp³-hybridized carbons (Fsp3) is 0.500. The zero-order valence-electron chi connectivity index (χ0n) is 8.57. The number of nitrogens with two attached hydrogens (primary N) is 1. The van der Waals surface area contributed by atoms with Crippen LogP contribution in [0.4, 0.5) is 13.2 Å². The number of aromatic nitrogens is 1. The molecular formula is C10H13F3N2O. The number of ether oxygens (including phenoxy) is 1. The average molecular weight is 234 g/mol. The van der Waals surface area contributed by atoms with Crippen LogP contribution in [0.25, 0.3) is 0 Å². The summed E-state index contributed by atoms with van der Waals surface area (Å²) >= 11 is 0. The fourth-order valence-corrected chi connectivity index (χ4v) is 1.20. The van der Waals surface area contributed by atoms with Gasteiger partial charge in [0.1, 0.15) is 0 Å². The van der Waals surface area contributed by atoms with Gasteiger partial charge >= 0.3 is 6.18 Å². The van der Waals surface area contributed by atoms with Crippen molar-refractivity contribution in [3.8, 4) is 0 Å². The molecule has 1 aromatic rings. The van der Waals surface area contributed by atoms with Gasteiger partial charge in [-0.25, -0.2) is 0 Å². The fourth-order valence-electron chi connectivity index (χ4n) is 1.20. The Morgan fingerprint density at radius 2 is 1.94 bits per heavy atom. The van der Waals surface area contributed by atoms with E-state index in [4.69, 9.17) is 10.5 Å². The Kier molecular flexibility index (Phi) is 4.70. The van der Waals surface area contributed by atoms with Gasteiger partial charge in [-0.05, 0) is 17.7 Å². The highest BCUT2D eigenvalue weighted by molar-refractivity contribution is 5.13. The molecule has 0 aromatic carbocycles. The van der Waals surface area contributed by atoms with Gasteiger partial charge in [0, 0.05) is 18.9 Å². The van der Waals surface area contributed by atoms with Gasteiger partial charge in [0.2, 0.25) is 0 Å². The van der Waals surface area contributed by atoms with Gasteiger partial charge in [0.15, 0.2) is 0 Å². The van der Waals surface area contributed by atoms with Gasteiger partial charge < -0.3 is 10.5 Å².